The molecule has 0 aliphatic heterocycles. The third-order valence-corrected chi connectivity index (χ3v) is 3.65. The highest BCUT2D eigenvalue weighted by Gasteiger charge is 2.16. The highest BCUT2D eigenvalue weighted by atomic mass is 35.5. The monoisotopic (exact) mass is 339 g/mol. The molecule has 1 heterocycles. The van der Waals surface area contributed by atoms with Crippen LogP contribution in [0.25, 0.3) is 17.1 Å². The van der Waals surface area contributed by atoms with Gasteiger partial charge in [0.1, 0.15) is 0 Å². The summed E-state index contributed by atoms with van der Waals surface area (Å²) in [6.45, 7) is 0. The van der Waals surface area contributed by atoms with Gasteiger partial charge in [-0.25, -0.2) is 0 Å². The Morgan fingerprint density at radius 2 is 1.67 bits per heavy atom. The van der Waals surface area contributed by atoms with Crippen molar-refractivity contribution in [2.24, 2.45) is 0 Å². The minimum Gasteiger partial charge on any atom is -0.398 e. The number of halogens is 3. The summed E-state index contributed by atoms with van der Waals surface area (Å²) in [5.41, 5.74) is 7.65. The standard InChI is InChI=1S/C13H8Cl3N5/c14-7-2-4-11(17)9(5-7)13-18-19-20-21(13)12-6-8(15)1-3-10(12)16/h1-6H,17H2. The number of hydrogen-bond donors (Lipinski definition) is 1. The number of rotatable bonds is 2. The Morgan fingerprint density at radius 1 is 0.952 bits per heavy atom. The van der Waals surface area contributed by atoms with Crippen LogP contribution in [-0.2, 0) is 0 Å². The van der Waals surface area contributed by atoms with E-state index in [-0.39, 0.29) is 0 Å². The Labute approximate surface area is 135 Å². The van der Waals surface area contributed by atoms with Crippen LogP contribution in [-0.4, -0.2) is 20.2 Å². The van der Waals surface area contributed by atoms with Crippen LogP contribution in [0.1, 0.15) is 0 Å². The normalized spacial score (nSPS) is 10.8. The first-order valence-electron chi connectivity index (χ1n) is 5.85. The molecule has 5 nitrogen and oxygen atoms in total. The fourth-order valence-corrected chi connectivity index (χ4v) is 2.42. The number of tetrazole rings is 1. The van der Waals surface area contributed by atoms with Gasteiger partial charge in [0.25, 0.3) is 0 Å². The molecule has 0 saturated heterocycles. The first-order chi connectivity index (χ1) is 10.1. The number of nitrogens with two attached hydrogens (primary N) is 1. The summed E-state index contributed by atoms with van der Waals surface area (Å²) in [5, 5.41) is 13.1. The van der Waals surface area contributed by atoms with Crippen molar-refractivity contribution in [2.45, 2.75) is 0 Å². The molecule has 0 aliphatic carbocycles. The molecule has 0 fully saturated rings. The van der Waals surface area contributed by atoms with Crippen molar-refractivity contribution in [3.8, 4) is 17.1 Å². The molecule has 0 bridgehead atoms. The average Bonchev–Trinajstić information content (AvgIpc) is 2.93. The summed E-state index contributed by atoms with van der Waals surface area (Å²) in [4.78, 5) is 0. The minimum atomic E-state index is 0.430. The molecule has 0 unspecified atom stereocenters. The number of benzene rings is 2. The summed E-state index contributed by atoms with van der Waals surface area (Å²) < 4.78 is 1.47. The number of nitrogens with zero attached hydrogens (tertiary/aromatic N) is 4. The van der Waals surface area contributed by atoms with E-state index in [2.05, 4.69) is 15.5 Å². The topological polar surface area (TPSA) is 69.6 Å². The molecular weight excluding hydrogens is 333 g/mol. The Balaban J connectivity index is 2.22. The van der Waals surface area contributed by atoms with Crippen LogP contribution in [0.3, 0.4) is 0 Å². The van der Waals surface area contributed by atoms with Gasteiger partial charge in [-0.05, 0) is 46.8 Å². The molecule has 21 heavy (non-hydrogen) atoms. The number of hydrogen-bond acceptors (Lipinski definition) is 4. The Kier molecular flexibility index (Phi) is 3.71. The van der Waals surface area contributed by atoms with E-state index in [1.807, 2.05) is 0 Å². The molecule has 0 saturated carbocycles. The molecule has 106 valence electrons. The summed E-state index contributed by atoms with van der Waals surface area (Å²) in [5.74, 6) is 0.430. The van der Waals surface area contributed by atoms with Crippen LogP contribution < -0.4 is 5.73 Å². The SMILES string of the molecule is Nc1ccc(Cl)cc1-c1nnnn1-c1cc(Cl)ccc1Cl. The molecule has 3 aromatic rings. The van der Waals surface area contributed by atoms with Crippen LogP contribution in [0.15, 0.2) is 36.4 Å². The fourth-order valence-electron chi connectivity index (χ4n) is 1.89. The third kappa shape index (κ3) is 2.68. The zero-order valence-electron chi connectivity index (χ0n) is 10.5. The highest BCUT2D eigenvalue weighted by Crippen LogP contribution is 2.31. The van der Waals surface area contributed by atoms with Gasteiger partial charge in [0, 0.05) is 21.3 Å². The molecule has 8 heteroatoms. The van der Waals surface area contributed by atoms with Gasteiger partial charge in [0.15, 0.2) is 5.82 Å². The smallest absolute Gasteiger partial charge is 0.189 e. The predicted molar refractivity (Wildman–Crippen MR) is 84.0 cm³/mol. The minimum absolute atomic E-state index is 0.430. The summed E-state index contributed by atoms with van der Waals surface area (Å²) in [6, 6.07) is 10.1. The Morgan fingerprint density at radius 3 is 2.48 bits per heavy atom. The lowest BCUT2D eigenvalue weighted by Gasteiger charge is -2.09. The van der Waals surface area contributed by atoms with Gasteiger partial charge in [-0.3, -0.25) is 0 Å². The molecule has 3 rings (SSSR count). The summed E-state index contributed by atoms with van der Waals surface area (Å²) >= 11 is 18.2. The van der Waals surface area contributed by atoms with Gasteiger partial charge in [-0.15, -0.1) is 5.10 Å². The molecule has 0 atom stereocenters. The second kappa shape index (κ2) is 5.52. The molecule has 1 aromatic heterocycles. The Bertz CT molecular complexity index is 749. The van der Waals surface area contributed by atoms with E-state index >= 15 is 0 Å². The van der Waals surface area contributed by atoms with Gasteiger partial charge in [-0.2, -0.15) is 4.68 Å². The summed E-state index contributed by atoms with van der Waals surface area (Å²) in [7, 11) is 0. The van der Waals surface area contributed by atoms with Gasteiger partial charge in [0.05, 0.1) is 10.7 Å². The molecule has 0 radical (unpaired) electrons. The van der Waals surface area contributed by atoms with Crippen LogP contribution in [0.5, 0.6) is 0 Å². The summed E-state index contributed by atoms with van der Waals surface area (Å²) in [6.07, 6.45) is 0. The van der Waals surface area contributed by atoms with Gasteiger partial charge in [0.2, 0.25) is 0 Å². The van der Waals surface area contributed by atoms with Crippen molar-refractivity contribution < 1.29 is 0 Å². The average molecular weight is 341 g/mol. The van der Waals surface area contributed by atoms with Crippen LogP contribution in [0.4, 0.5) is 5.69 Å². The second-order valence-corrected chi connectivity index (χ2v) is 5.52. The first-order valence-corrected chi connectivity index (χ1v) is 6.99. The Hall–Kier alpha value is -1.82. The van der Waals surface area contributed by atoms with E-state index in [1.54, 1.807) is 36.4 Å². The maximum Gasteiger partial charge on any atom is 0.189 e. The van der Waals surface area contributed by atoms with Crippen molar-refractivity contribution in [3.05, 3.63) is 51.5 Å². The van der Waals surface area contributed by atoms with Crippen LogP contribution >= 0.6 is 34.8 Å². The number of aromatic nitrogens is 4. The van der Waals surface area contributed by atoms with Crippen LogP contribution in [0, 0.1) is 0 Å². The lowest BCUT2D eigenvalue weighted by atomic mass is 10.1. The number of anilines is 1. The number of nitrogen functional groups attached to an aromatic ring is 1. The van der Waals surface area contributed by atoms with E-state index in [1.165, 1.54) is 4.68 Å². The molecule has 2 aromatic carbocycles. The van der Waals surface area contributed by atoms with E-state index in [4.69, 9.17) is 40.5 Å². The molecule has 0 amide bonds. The van der Waals surface area contributed by atoms with E-state index in [0.717, 1.165) is 0 Å². The molecule has 0 spiro atoms. The molecule has 0 aliphatic rings. The van der Waals surface area contributed by atoms with Crippen molar-refractivity contribution >= 4 is 40.5 Å². The van der Waals surface area contributed by atoms with Crippen molar-refractivity contribution in [1.29, 1.82) is 0 Å². The lowest BCUT2D eigenvalue weighted by Crippen LogP contribution is -2.02. The third-order valence-electron chi connectivity index (χ3n) is 2.86. The van der Waals surface area contributed by atoms with E-state index in [9.17, 15) is 0 Å². The van der Waals surface area contributed by atoms with Gasteiger partial charge in [-0.1, -0.05) is 34.8 Å². The van der Waals surface area contributed by atoms with E-state index < -0.39 is 0 Å². The largest absolute Gasteiger partial charge is 0.398 e. The molecular formula is C13H8Cl3N5. The van der Waals surface area contributed by atoms with Crippen molar-refractivity contribution in [3.63, 3.8) is 0 Å². The predicted octanol–water partition coefficient (Wildman–Crippen LogP) is 3.87. The van der Waals surface area contributed by atoms with Crippen molar-refractivity contribution in [1.82, 2.24) is 20.2 Å². The highest BCUT2D eigenvalue weighted by molar-refractivity contribution is 6.34. The molecule has 2 N–H and O–H groups in total. The zero-order valence-corrected chi connectivity index (χ0v) is 12.7. The maximum atomic E-state index is 6.19. The lowest BCUT2D eigenvalue weighted by molar-refractivity contribution is 0.791. The van der Waals surface area contributed by atoms with Crippen LogP contribution in [0.2, 0.25) is 15.1 Å². The zero-order chi connectivity index (χ0) is 15.0. The maximum absolute atomic E-state index is 6.19. The van der Waals surface area contributed by atoms with Gasteiger partial charge >= 0.3 is 0 Å². The fraction of sp³-hybridized carbons (Fsp3) is 0. The first kappa shape index (κ1) is 14.1. The van der Waals surface area contributed by atoms with Gasteiger partial charge < -0.3 is 5.73 Å². The second-order valence-electron chi connectivity index (χ2n) is 4.24. The van der Waals surface area contributed by atoms with Crippen molar-refractivity contribution in [2.75, 3.05) is 5.73 Å². The quantitative estimate of drug-likeness (QED) is 0.719. The van der Waals surface area contributed by atoms with E-state index in [0.29, 0.717) is 37.8 Å².